The van der Waals surface area contributed by atoms with E-state index in [-0.39, 0.29) is 5.91 Å². The average molecular weight is 453 g/mol. The van der Waals surface area contributed by atoms with Crippen molar-refractivity contribution in [2.24, 2.45) is 10.3 Å². The number of nitrogens with one attached hydrogen (secondary N) is 1. The Bertz CT molecular complexity index is 1350. The van der Waals surface area contributed by atoms with Crippen LogP contribution in [-0.2, 0) is 6.54 Å². The second-order valence-corrected chi connectivity index (χ2v) is 7.49. The zero-order valence-corrected chi connectivity index (χ0v) is 19.0. The van der Waals surface area contributed by atoms with E-state index >= 15 is 0 Å². The van der Waals surface area contributed by atoms with E-state index in [2.05, 4.69) is 32.2 Å². The van der Waals surface area contributed by atoms with E-state index in [1.54, 1.807) is 42.8 Å². The standard InChI is InChI=1S/C26H24N6O2/c1-4-30-31-32(3)20-8-9-22-23(16-20)28-15-12-25(22)34-24-7-5-6-21(18(24)2)26(33)29-17-19-10-13-27-14-11-19/h4-16H,1,17H2,2-3H3,(H,29,33)/b31-30-. The molecule has 0 saturated carbocycles. The summed E-state index contributed by atoms with van der Waals surface area (Å²) in [6.45, 7) is 5.83. The molecule has 0 aliphatic carbocycles. The largest absolute Gasteiger partial charge is 0.456 e. The molecule has 0 spiro atoms. The first-order valence-electron chi connectivity index (χ1n) is 10.7. The van der Waals surface area contributed by atoms with E-state index in [0.29, 0.717) is 23.6 Å². The van der Waals surface area contributed by atoms with Crippen LogP contribution >= 0.6 is 0 Å². The molecule has 0 fully saturated rings. The monoisotopic (exact) mass is 452 g/mol. The van der Waals surface area contributed by atoms with Crippen molar-refractivity contribution in [3.05, 3.63) is 103 Å². The summed E-state index contributed by atoms with van der Waals surface area (Å²) in [6.07, 6.45) is 6.46. The lowest BCUT2D eigenvalue weighted by molar-refractivity contribution is 0.0950. The number of benzene rings is 2. The Balaban J connectivity index is 1.56. The lowest BCUT2D eigenvalue weighted by Crippen LogP contribution is -2.23. The Morgan fingerprint density at radius 2 is 1.94 bits per heavy atom. The molecular weight excluding hydrogens is 428 g/mol. The third kappa shape index (κ3) is 5.07. The van der Waals surface area contributed by atoms with Crippen LogP contribution in [0.2, 0.25) is 0 Å². The molecule has 170 valence electrons. The molecule has 0 unspecified atom stereocenters. The Labute approximate surface area is 197 Å². The number of rotatable bonds is 8. The van der Waals surface area contributed by atoms with Crippen molar-refractivity contribution in [3.63, 3.8) is 0 Å². The first kappa shape index (κ1) is 22.6. The summed E-state index contributed by atoms with van der Waals surface area (Å²) in [5.74, 6) is 1.08. The van der Waals surface area contributed by atoms with E-state index in [1.807, 2.05) is 49.4 Å². The minimum Gasteiger partial charge on any atom is -0.456 e. The summed E-state index contributed by atoms with van der Waals surface area (Å²) >= 11 is 0. The Hall–Kier alpha value is -4.59. The van der Waals surface area contributed by atoms with E-state index in [1.165, 1.54) is 6.20 Å². The fourth-order valence-electron chi connectivity index (χ4n) is 3.43. The summed E-state index contributed by atoms with van der Waals surface area (Å²) < 4.78 is 6.24. The molecule has 1 amide bonds. The maximum absolute atomic E-state index is 12.8. The summed E-state index contributed by atoms with van der Waals surface area (Å²) in [6, 6.07) is 16.7. The summed E-state index contributed by atoms with van der Waals surface area (Å²) in [4.78, 5) is 21.3. The van der Waals surface area contributed by atoms with Crippen LogP contribution in [0.1, 0.15) is 21.5 Å². The number of aromatic nitrogens is 2. The van der Waals surface area contributed by atoms with Gasteiger partial charge in [-0.2, -0.15) is 0 Å². The molecule has 0 radical (unpaired) electrons. The van der Waals surface area contributed by atoms with Gasteiger partial charge in [-0.15, -0.1) is 5.11 Å². The highest BCUT2D eigenvalue weighted by molar-refractivity contribution is 5.96. The van der Waals surface area contributed by atoms with Gasteiger partial charge >= 0.3 is 0 Å². The molecule has 2 heterocycles. The molecule has 0 saturated heterocycles. The van der Waals surface area contributed by atoms with E-state index in [4.69, 9.17) is 4.74 Å². The predicted octanol–water partition coefficient (Wildman–Crippen LogP) is 5.61. The van der Waals surface area contributed by atoms with Crippen LogP contribution < -0.4 is 15.1 Å². The molecular formula is C26H24N6O2. The minimum atomic E-state index is -0.166. The van der Waals surface area contributed by atoms with Crippen molar-refractivity contribution in [1.29, 1.82) is 0 Å². The molecule has 0 aliphatic heterocycles. The molecule has 1 N–H and O–H groups in total. The zero-order valence-electron chi connectivity index (χ0n) is 19.0. The maximum atomic E-state index is 12.8. The molecule has 2 aromatic heterocycles. The van der Waals surface area contributed by atoms with Crippen molar-refractivity contribution in [2.45, 2.75) is 13.5 Å². The van der Waals surface area contributed by atoms with Gasteiger partial charge in [-0.1, -0.05) is 17.9 Å². The molecule has 0 bridgehead atoms. The Morgan fingerprint density at radius 1 is 1.12 bits per heavy atom. The van der Waals surface area contributed by atoms with Crippen molar-refractivity contribution >= 4 is 22.5 Å². The lowest BCUT2D eigenvalue weighted by atomic mass is 10.1. The van der Waals surface area contributed by atoms with Crippen molar-refractivity contribution in [2.75, 3.05) is 12.1 Å². The third-order valence-electron chi connectivity index (χ3n) is 5.28. The van der Waals surface area contributed by atoms with Crippen LogP contribution in [0.5, 0.6) is 11.5 Å². The predicted molar refractivity (Wildman–Crippen MR) is 132 cm³/mol. The highest BCUT2D eigenvalue weighted by atomic mass is 16.5. The lowest BCUT2D eigenvalue weighted by Gasteiger charge is -2.15. The van der Waals surface area contributed by atoms with E-state index in [0.717, 1.165) is 27.7 Å². The topological polar surface area (TPSA) is 92.1 Å². The number of amides is 1. The van der Waals surface area contributed by atoms with Gasteiger partial charge in [0.2, 0.25) is 0 Å². The Morgan fingerprint density at radius 3 is 2.74 bits per heavy atom. The van der Waals surface area contributed by atoms with Gasteiger partial charge in [0.1, 0.15) is 11.5 Å². The molecule has 4 rings (SSSR count). The summed E-state index contributed by atoms with van der Waals surface area (Å²) in [5, 5.41) is 13.2. The third-order valence-corrected chi connectivity index (χ3v) is 5.28. The van der Waals surface area contributed by atoms with Gasteiger partial charge in [0.15, 0.2) is 0 Å². The number of hydrogen-bond donors (Lipinski definition) is 1. The normalized spacial score (nSPS) is 10.9. The number of carbonyl (C=O) groups excluding carboxylic acids is 1. The number of ether oxygens (including phenoxy) is 1. The van der Waals surface area contributed by atoms with Crippen LogP contribution in [0.4, 0.5) is 5.69 Å². The molecule has 8 heteroatoms. The average Bonchev–Trinajstić information content (AvgIpc) is 2.87. The molecule has 0 atom stereocenters. The SMILES string of the molecule is C=C/N=N\N(C)c1ccc2c(Oc3cccc(C(=O)NCc4ccncc4)c3C)ccnc2c1. The van der Waals surface area contributed by atoms with Crippen LogP contribution in [0.15, 0.2) is 96.3 Å². The highest BCUT2D eigenvalue weighted by Crippen LogP contribution is 2.33. The number of fused-ring (bicyclic) bond motifs is 1. The fourth-order valence-corrected chi connectivity index (χ4v) is 3.43. The van der Waals surface area contributed by atoms with E-state index < -0.39 is 0 Å². The summed E-state index contributed by atoms with van der Waals surface area (Å²) in [7, 11) is 1.79. The van der Waals surface area contributed by atoms with Gasteiger partial charge in [0, 0.05) is 54.9 Å². The number of carbonyl (C=O) groups is 1. The fraction of sp³-hybridized carbons (Fsp3) is 0.115. The number of hydrogen-bond acceptors (Lipinski definition) is 6. The smallest absolute Gasteiger partial charge is 0.251 e. The first-order valence-corrected chi connectivity index (χ1v) is 10.7. The van der Waals surface area contributed by atoms with E-state index in [9.17, 15) is 4.79 Å². The molecule has 34 heavy (non-hydrogen) atoms. The van der Waals surface area contributed by atoms with Crippen molar-refractivity contribution in [1.82, 2.24) is 15.3 Å². The first-order chi connectivity index (χ1) is 16.6. The van der Waals surface area contributed by atoms with Crippen molar-refractivity contribution < 1.29 is 9.53 Å². The van der Waals surface area contributed by atoms with Gasteiger partial charge < -0.3 is 10.1 Å². The second-order valence-electron chi connectivity index (χ2n) is 7.49. The van der Waals surface area contributed by atoms with Gasteiger partial charge in [0.25, 0.3) is 5.91 Å². The van der Waals surface area contributed by atoms with Gasteiger partial charge in [-0.3, -0.25) is 14.8 Å². The molecule has 0 aliphatic rings. The van der Waals surface area contributed by atoms with Gasteiger partial charge in [0.05, 0.1) is 11.2 Å². The van der Waals surface area contributed by atoms with Gasteiger partial charge in [-0.05, 0) is 61.0 Å². The molecule has 4 aromatic rings. The second kappa shape index (κ2) is 10.4. The van der Waals surface area contributed by atoms with Crippen LogP contribution in [-0.4, -0.2) is 22.9 Å². The number of anilines is 1. The van der Waals surface area contributed by atoms with Gasteiger partial charge in [-0.25, -0.2) is 5.01 Å². The van der Waals surface area contributed by atoms with Crippen LogP contribution in [0.25, 0.3) is 10.9 Å². The van der Waals surface area contributed by atoms with Crippen LogP contribution in [0.3, 0.4) is 0 Å². The highest BCUT2D eigenvalue weighted by Gasteiger charge is 2.14. The Kier molecular flexibility index (Phi) is 6.88. The molecule has 2 aromatic carbocycles. The van der Waals surface area contributed by atoms with Crippen LogP contribution in [0, 0.1) is 6.92 Å². The van der Waals surface area contributed by atoms with Crippen molar-refractivity contribution in [3.8, 4) is 11.5 Å². The zero-order chi connectivity index (χ0) is 23.9. The molecule has 8 nitrogen and oxygen atoms in total. The minimum absolute atomic E-state index is 0.166. The quantitative estimate of drug-likeness (QED) is 0.277. The number of nitrogens with zero attached hydrogens (tertiary/aromatic N) is 5. The maximum Gasteiger partial charge on any atom is 0.251 e. The number of pyridine rings is 2. The summed E-state index contributed by atoms with van der Waals surface area (Å²) in [5.41, 5.74) is 3.86.